The summed E-state index contributed by atoms with van der Waals surface area (Å²) in [6, 6.07) is 4.46. The summed E-state index contributed by atoms with van der Waals surface area (Å²) in [5.74, 6) is -0.502. The Labute approximate surface area is 98.7 Å². The van der Waals surface area contributed by atoms with Crippen molar-refractivity contribution < 1.29 is 19.0 Å². The minimum atomic E-state index is -0.894. The summed E-state index contributed by atoms with van der Waals surface area (Å²) in [6.07, 6.45) is -1.48. The first-order chi connectivity index (χ1) is 7.60. The van der Waals surface area contributed by atoms with Crippen molar-refractivity contribution in [3.05, 3.63) is 34.6 Å². The van der Waals surface area contributed by atoms with Crippen molar-refractivity contribution in [1.29, 1.82) is 0 Å². The second kappa shape index (κ2) is 6.15. The largest absolute Gasteiger partial charge is 0.387 e. The maximum absolute atomic E-state index is 13.1. The van der Waals surface area contributed by atoms with Crippen molar-refractivity contribution in [3.63, 3.8) is 0 Å². The number of hydrogen-bond donors (Lipinski definition) is 1. The number of hydrogen-bond acceptors (Lipinski definition) is 3. The molecule has 0 aliphatic rings. The smallest absolute Gasteiger partial charge is 0.183 e. The summed E-state index contributed by atoms with van der Waals surface area (Å²) < 4.78 is 22.9. The minimum absolute atomic E-state index is 0.0208. The summed E-state index contributed by atoms with van der Waals surface area (Å²) in [4.78, 5) is 0. The predicted octanol–water partition coefficient (Wildman–Crippen LogP) is 2.00. The third-order valence-corrected chi connectivity index (χ3v) is 2.66. The van der Waals surface area contributed by atoms with Gasteiger partial charge >= 0.3 is 0 Å². The van der Waals surface area contributed by atoms with Gasteiger partial charge in [0.05, 0.1) is 5.02 Å². The van der Waals surface area contributed by atoms with E-state index in [0.29, 0.717) is 5.56 Å². The second-order valence-electron chi connectivity index (χ2n) is 3.32. The number of aliphatic hydroxyl groups excluding tert-OH is 1. The first-order valence-electron chi connectivity index (χ1n) is 4.76. The van der Waals surface area contributed by atoms with E-state index in [9.17, 15) is 9.50 Å². The van der Waals surface area contributed by atoms with Gasteiger partial charge in [-0.15, -0.1) is 0 Å². The molecule has 0 saturated heterocycles. The van der Waals surface area contributed by atoms with Gasteiger partial charge < -0.3 is 14.6 Å². The summed E-state index contributed by atoms with van der Waals surface area (Å²) in [6.45, 7) is 0. The van der Waals surface area contributed by atoms with Crippen molar-refractivity contribution >= 4 is 11.6 Å². The Bertz CT molecular complexity index is 342. The molecule has 1 aromatic carbocycles. The first kappa shape index (κ1) is 13.4. The van der Waals surface area contributed by atoms with Gasteiger partial charge in [-0.3, -0.25) is 0 Å². The molecule has 0 fully saturated rings. The van der Waals surface area contributed by atoms with Crippen LogP contribution in [0.1, 0.15) is 5.56 Å². The van der Waals surface area contributed by atoms with E-state index < -0.39 is 18.2 Å². The Kier molecular flexibility index (Phi) is 5.15. The average Bonchev–Trinajstić information content (AvgIpc) is 2.26. The van der Waals surface area contributed by atoms with Crippen molar-refractivity contribution in [2.45, 2.75) is 18.8 Å². The van der Waals surface area contributed by atoms with Gasteiger partial charge in [-0.2, -0.15) is 0 Å². The highest BCUT2D eigenvalue weighted by molar-refractivity contribution is 6.31. The Balaban J connectivity index is 2.76. The Morgan fingerprint density at radius 2 is 2.00 bits per heavy atom. The van der Waals surface area contributed by atoms with Crippen LogP contribution in [0, 0.1) is 5.82 Å². The molecule has 0 aromatic heterocycles. The van der Waals surface area contributed by atoms with Crippen LogP contribution >= 0.6 is 11.6 Å². The molecule has 0 heterocycles. The summed E-state index contributed by atoms with van der Waals surface area (Å²) in [5.41, 5.74) is 0.522. The number of ether oxygens (including phenoxy) is 2. The van der Waals surface area contributed by atoms with Gasteiger partial charge in [0.1, 0.15) is 11.9 Å². The molecule has 1 aromatic rings. The Morgan fingerprint density at radius 3 is 2.56 bits per heavy atom. The molecule has 0 amide bonds. The fourth-order valence-electron chi connectivity index (χ4n) is 1.44. The van der Waals surface area contributed by atoms with Crippen LogP contribution in [0.3, 0.4) is 0 Å². The maximum Gasteiger partial charge on any atom is 0.183 e. The van der Waals surface area contributed by atoms with Crippen LogP contribution in [0.2, 0.25) is 5.02 Å². The molecular formula is C11H14ClFO3. The highest BCUT2D eigenvalue weighted by Crippen LogP contribution is 2.21. The van der Waals surface area contributed by atoms with Gasteiger partial charge in [-0.25, -0.2) is 4.39 Å². The SMILES string of the molecule is COC(OC)C(O)Cc1cccc(F)c1Cl. The molecule has 1 N–H and O–H groups in total. The maximum atomic E-state index is 13.1. The normalized spacial score (nSPS) is 13.1. The van der Waals surface area contributed by atoms with Gasteiger partial charge in [0.15, 0.2) is 6.29 Å². The van der Waals surface area contributed by atoms with E-state index in [0.717, 1.165) is 0 Å². The fraction of sp³-hybridized carbons (Fsp3) is 0.455. The van der Waals surface area contributed by atoms with Gasteiger partial charge in [0, 0.05) is 20.6 Å². The highest BCUT2D eigenvalue weighted by Gasteiger charge is 2.20. The molecule has 1 atom stereocenters. The lowest BCUT2D eigenvalue weighted by atomic mass is 10.1. The van der Waals surface area contributed by atoms with Crippen LogP contribution in [0.25, 0.3) is 0 Å². The lowest BCUT2D eigenvalue weighted by Gasteiger charge is -2.20. The number of rotatable bonds is 5. The van der Waals surface area contributed by atoms with Crippen molar-refractivity contribution in [2.75, 3.05) is 14.2 Å². The van der Waals surface area contributed by atoms with Gasteiger partial charge in [-0.05, 0) is 11.6 Å². The lowest BCUT2D eigenvalue weighted by molar-refractivity contribution is -0.163. The van der Waals surface area contributed by atoms with Crippen molar-refractivity contribution in [1.82, 2.24) is 0 Å². The lowest BCUT2D eigenvalue weighted by Crippen LogP contribution is -2.31. The number of aliphatic hydroxyl groups is 1. The van der Waals surface area contributed by atoms with Crippen molar-refractivity contribution in [3.8, 4) is 0 Å². The van der Waals surface area contributed by atoms with Crippen LogP contribution in [0.5, 0.6) is 0 Å². The molecule has 1 unspecified atom stereocenters. The number of halogens is 2. The molecule has 0 aliphatic heterocycles. The summed E-state index contributed by atoms with van der Waals surface area (Å²) >= 11 is 5.76. The fourth-order valence-corrected chi connectivity index (χ4v) is 1.64. The number of methoxy groups -OCH3 is 2. The zero-order valence-electron chi connectivity index (χ0n) is 9.11. The topological polar surface area (TPSA) is 38.7 Å². The van der Waals surface area contributed by atoms with E-state index in [-0.39, 0.29) is 11.4 Å². The number of benzene rings is 1. The van der Waals surface area contributed by atoms with Crippen LogP contribution < -0.4 is 0 Å². The summed E-state index contributed by atoms with van der Waals surface area (Å²) in [5, 5.41) is 9.77. The molecule has 16 heavy (non-hydrogen) atoms. The van der Waals surface area contributed by atoms with Gasteiger partial charge in [0.2, 0.25) is 0 Å². The van der Waals surface area contributed by atoms with Gasteiger partial charge in [0.25, 0.3) is 0 Å². The van der Waals surface area contributed by atoms with Crippen LogP contribution in [0.15, 0.2) is 18.2 Å². The highest BCUT2D eigenvalue weighted by atomic mass is 35.5. The van der Waals surface area contributed by atoms with E-state index >= 15 is 0 Å². The molecule has 5 heteroatoms. The molecule has 0 saturated carbocycles. The van der Waals surface area contributed by atoms with E-state index in [1.165, 1.54) is 26.4 Å². The first-order valence-corrected chi connectivity index (χ1v) is 5.14. The van der Waals surface area contributed by atoms with E-state index in [4.69, 9.17) is 21.1 Å². The molecule has 0 aliphatic carbocycles. The summed E-state index contributed by atoms with van der Waals surface area (Å²) in [7, 11) is 2.84. The standard InChI is InChI=1S/C11H14ClFO3/c1-15-11(16-2)9(14)6-7-4-3-5-8(13)10(7)12/h3-5,9,11,14H,6H2,1-2H3. The monoisotopic (exact) mass is 248 g/mol. The van der Waals surface area contributed by atoms with E-state index in [1.54, 1.807) is 6.07 Å². The molecule has 1 rings (SSSR count). The Morgan fingerprint density at radius 1 is 1.38 bits per heavy atom. The van der Waals surface area contributed by atoms with Crippen LogP contribution in [0.4, 0.5) is 4.39 Å². The quantitative estimate of drug-likeness (QED) is 0.810. The Hall–Kier alpha value is -0.680. The zero-order chi connectivity index (χ0) is 12.1. The molecule has 0 bridgehead atoms. The molecule has 3 nitrogen and oxygen atoms in total. The zero-order valence-corrected chi connectivity index (χ0v) is 9.87. The molecular weight excluding hydrogens is 235 g/mol. The average molecular weight is 249 g/mol. The molecule has 90 valence electrons. The van der Waals surface area contributed by atoms with Gasteiger partial charge in [-0.1, -0.05) is 23.7 Å². The van der Waals surface area contributed by atoms with Crippen LogP contribution in [-0.4, -0.2) is 31.7 Å². The molecule has 0 spiro atoms. The third-order valence-electron chi connectivity index (χ3n) is 2.24. The third kappa shape index (κ3) is 3.15. The van der Waals surface area contributed by atoms with E-state index in [2.05, 4.69) is 0 Å². The second-order valence-corrected chi connectivity index (χ2v) is 3.70. The minimum Gasteiger partial charge on any atom is -0.387 e. The van der Waals surface area contributed by atoms with Crippen molar-refractivity contribution in [2.24, 2.45) is 0 Å². The van der Waals surface area contributed by atoms with E-state index in [1.807, 2.05) is 0 Å². The van der Waals surface area contributed by atoms with Crippen LogP contribution in [-0.2, 0) is 15.9 Å². The molecule has 0 radical (unpaired) electrons. The predicted molar refractivity (Wildman–Crippen MR) is 58.9 cm³/mol.